The van der Waals surface area contributed by atoms with Crippen molar-refractivity contribution in [1.82, 2.24) is 15.2 Å². The predicted octanol–water partition coefficient (Wildman–Crippen LogP) is 2.86. The second kappa shape index (κ2) is 7.89. The summed E-state index contributed by atoms with van der Waals surface area (Å²) in [4.78, 5) is 29.3. The number of carbonyl (C=O) groups is 2. The third-order valence-corrected chi connectivity index (χ3v) is 4.99. The van der Waals surface area contributed by atoms with Crippen LogP contribution < -0.4 is 5.32 Å². The maximum atomic E-state index is 13.5. The minimum Gasteiger partial charge on any atom is -0.361 e. The van der Waals surface area contributed by atoms with E-state index in [4.69, 9.17) is 0 Å². The zero-order valence-electron chi connectivity index (χ0n) is 15.3. The zero-order valence-corrected chi connectivity index (χ0v) is 15.3. The van der Waals surface area contributed by atoms with Crippen molar-refractivity contribution >= 4 is 22.7 Å². The van der Waals surface area contributed by atoms with Crippen molar-refractivity contribution in [2.75, 3.05) is 19.6 Å². The Morgan fingerprint density at radius 3 is 3.00 bits per heavy atom. The number of hydrogen-bond donors (Lipinski definition) is 2. The van der Waals surface area contributed by atoms with Crippen molar-refractivity contribution in [3.63, 3.8) is 0 Å². The second-order valence-electron chi connectivity index (χ2n) is 7.47. The molecular formula is C20H26FN3O2. The van der Waals surface area contributed by atoms with Gasteiger partial charge in [-0.1, -0.05) is 13.8 Å². The summed E-state index contributed by atoms with van der Waals surface area (Å²) in [6.45, 7) is 5.89. The zero-order chi connectivity index (χ0) is 18.7. The molecule has 0 radical (unpaired) electrons. The minimum absolute atomic E-state index is 0.0139. The summed E-state index contributed by atoms with van der Waals surface area (Å²) in [5.41, 5.74) is 1.87. The van der Waals surface area contributed by atoms with Crippen molar-refractivity contribution in [2.45, 2.75) is 33.1 Å². The van der Waals surface area contributed by atoms with Crippen LogP contribution in [0.25, 0.3) is 10.9 Å². The third kappa shape index (κ3) is 4.23. The normalized spacial score (nSPS) is 17.5. The molecule has 26 heavy (non-hydrogen) atoms. The van der Waals surface area contributed by atoms with E-state index in [1.165, 1.54) is 12.1 Å². The molecule has 1 unspecified atom stereocenters. The van der Waals surface area contributed by atoms with Crippen LogP contribution in [0.5, 0.6) is 0 Å². The highest BCUT2D eigenvalue weighted by Crippen LogP contribution is 2.22. The fraction of sp³-hybridized carbons (Fsp3) is 0.500. The molecule has 0 spiro atoms. The van der Waals surface area contributed by atoms with E-state index in [9.17, 15) is 14.0 Å². The minimum atomic E-state index is -0.270. The second-order valence-corrected chi connectivity index (χ2v) is 7.47. The molecule has 1 aliphatic heterocycles. The van der Waals surface area contributed by atoms with Crippen LogP contribution in [-0.4, -0.2) is 41.3 Å². The lowest BCUT2D eigenvalue weighted by Crippen LogP contribution is -2.34. The lowest BCUT2D eigenvalue weighted by Gasteiger charge is -2.16. The maximum Gasteiger partial charge on any atom is 0.225 e. The van der Waals surface area contributed by atoms with Gasteiger partial charge in [-0.25, -0.2) is 4.39 Å². The molecule has 1 aromatic carbocycles. The number of halogens is 1. The van der Waals surface area contributed by atoms with Gasteiger partial charge in [-0.05, 0) is 42.5 Å². The van der Waals surface area contributed by atoms with Crippen LogP contribution in [0.1, 0.15) is 32.3 Å². The topological polar surface area (TPSA) is 65.2 Å². The Kier molecular flexibility index (Phi) is 5.59. The summed E-state index contributed by atoms with van der Waals surface area (Å²) >= 11 is 0. The molecule has 1 aliphatic rings. The molecule has 2 amide bonds. The molecule has 1 fully saturated rings. The summed E-state index contributed by atoms with van der Waals surface area (Å²) in [6, 6.07) is 4.65. The molecule has 1 aromatic heterocycles. The van der Waals surface area contributed by atoms with Gasteiger partial charge in [-0.15, -0.1) is 0 Å². The van der Waals surface area contributed by atoms with Gasteiger partial charge < -0.3 is 15.2 Å². The molecule has 0 bridgehead atoms. The maximum absolute atomic E-state index is 13.5. The number of nitrogens with one attached hydrogen (secondary N) is 2. The predicted molar refractivity (Wildman–Crippen MR) is 99.1 cm³/mol. The summed E-state index contributed by atoms with van der Waals surface area (Å²) < 4.78 is 13.5. The van der Waals surface area contributed by atoms with Gasteiger partial charge in [0, 0.05) is 43.2 Å². The Bertz CT molecular complexity index is 799. The summed E-state index contributed by atoms with van der Waals surface area (Å²) in [7, 11) is 0. The number of amides is 2. The lowest BCUT2D eigenvalue weighted by atomic mass is 10.1. The van der Waals surface area contributed by atoms with E-state index < -0.39 is 0 Å². The van der Waals surface area contributed by atoms with Crippen LogP contribution in [0.4, 0.5) is 4.39 Å². The van der Waals surface area contributed by atoms with Crippen molar-refractivity contribution in [2.24, 2.45) is 11.8 Å². The molecule has 1 atom stereocenters. The number of fused-ring (bicyclic) bond motifs is 1. The van der Waals surface area contributed by atoms with Gasteiger partial charge in [0.05, 0.1) is 5.92 Å². The Balaban J connectivity index is 1.54. The molecule has 0 saturated carbocycles. The SMILES string of the molecule is CC(C)CCNC(=O)C1CC(=O)N(CCc2c[nH]c3ccc(F)cc23)C1. The number of hydrogen-bond acceptors (Lipinski definition) is 2. The van der Waals surface area contributed by atoms with Gasteiger partial charge in [-0.3, -0.25) is 9.59 Å². The monoisotopic (exact) mass is 359 g/mol. The van der Waals surface area contributed by atoms with Crippen LogP contribution in [-0.2, 0) is 16.0 Å². The van der Waals surface area contributed by atoms with Gasteiger partial charge >= 0.3 is 0 Å². The highest BCUT2D eigenvalue weighted by Gasteiger charge is 2.33. The van der Waals surface area contributed by atoms with E-state index in [-0.39, 0.29) is 30.0 Å². The van der Waals surface area contributed by atoms with Crippen LogP contribution in [0.3, 0.4) is 0 Å². The van der Waals surface area contributed by atoms with Gasteiger partial charge in [0.2, 0.25) is 11.8 Å². The molecule has 5 nitrogen and oxygen atoms in total. The Labute approximate surface area is 152 Å². The largest absolute Gasteiger partial charge is 0.361 e. The summed E-state index contributed by atoms with van der Waals surface area (Å²) in [5.74, 6) is -0.0162. The first kappa shape index (κ1) is 18.4. The molecule has 2 N–H and O–H groups in total. The summed E-state index contributed by atoms with van der Waals surface area (Å²) in [6.07, 6.45) is 3.71. The molecule has 3 rings (SSSR count). The highest BCUT2D eigenvalue weighted by molar-refractivity contribution is 5.89. The van der Waals surface area contributed by atoms with E-state index in [0.717, 1.165) is 22.9 Å². The molecular weight excluding hydrogens is 333 g/mol. The number of aromatic nitrogens is 1. The molecule has 0 aliphatic carbocycles. The molecule has 2 aromatic rings. The highest BCUT2D eigenvalue weighted by atomic mass is 19.1. The van der Waals surface area contributed by atoms with Crippen molar-refractivity contribution < 1.29 is 14.0 Å². The Morgan fingerprint density at radius 2 is 2.23 bits per heavy atom. The first-order valence-corrected chi connectivity index (χ1v) is 9.25. The van der Waals surface area contributed by atoms with Crippen molar-refractivity contribution in [3.05, 3.63) is 35.8 Å². The number of benzene rings is 1. The molecule has 6 heteroatoms. The molecule has 2 heterocycles. The quantitative estimate of drug-likeness (QED) is 0.798. The van der Waals surface area contributed by atoms with E-state index >= 15 is 0 Å². The van der Waals surface area contributed by atoms with Crippen molar-refractivity contribution in [1.29, 1.82) is 0 Å². The Hall–Kier alpha value is -2.37. The Morgan fingerprint density at radius 1 is 1.42 bits per heavy atom. The van der Waals surface area contributed by atoms with Gasteiger partial charge in [0.25, 0.3) is 0 Å². The van der Waals surface area contributed by atoms with E-state index in [0.29, 0.717) is 32.0 Å². The van der Waals surface area contributed by atoms with Gasteiger partial charge in [0.15, 0.2) is 0 Å². The van der Waals surface area contributed by atoms with Crippen LogP contribution in [0.2, 0.25) is 0 Å². The first-order valence-electron chi connectivity index (χ1n) is 9.25. The number of likely N-dealkylation sites (tertiary alicyclic amines) is 1. The summed E-state index contributed by atoms with van der Waals surface area (Å²) in [5, 5.41) is 3.78. The van der Waals surface area contributed by atoms with Gasteiger partial charge in [0.1, 0.15) is 5.82 Å². The number of H-pyrrole nitrogens is 1. The standard InChI is InChI=1S/C20H26FN3O2/c1-13(2)5-7-22-20(26)15-9-19(25)24(12-15)8-6-14-11-23-18-4-3-16(21)10-17(14)18/h3-4,10-11,13,15,23H,5-9,12H2,1-2H3,(H,22,26). The van der Waals surface area contributed by atoms with Crippen LogP contribution >= 0.6 is 0 Å². The third-order valence-electron chi connectivity index (χ3n) is 4.99. The van der Waals surface area contributed by atoms with Crippen LogP contribution in [0, 0.1) is 17.7 Å². The van der Waals surface area contributed by atoms with E-state index in [2.05, 4.69) is 24.1 Å². The number of aromatic amines is 1. The first-order chi connectivity index (χ1) is 12.4. The number of rotatable bonds is 7. The average Bonchev–Trinajstić information content (AvgIpc) is 3.15. The smallest absolute Gasteiger partial charge is 0.225 e. The lowest BCUT2D eigenvalue weighted by molar-refractivity contribution is -0.129. The van der Waals surface area contributed by atoms with Crippen molar-refractivity contribution in [3.8, 4) is 0 Å². The average molecular weight is 359 g/mol. The fourth-order valence-electron chi connectivity index (χ4n) is 3.41. The number of carbonyl (C=O) groups excluding carboxylic acids is 2. The van der Waals surface area contributed by atoms with Gasteiger partial charge in [-0.2, -0.15) is 0 Å². The van der Waals surface area contributed by atoms with E-state index in [1.54, 1.807) is 11.0 Å². The fourth-order valence-corrected chi connectivity index (χ4v) is 3.41. The molecule has 140 valence electrons. The van der Waals surface area contributed by atoms with Crippen LogP contribution in [0.15, 0.2) is 24.4 Å². The molecule has 1 saturated heterocycles. The van der Waals surface area contributed by atoms with E-state index in [1.807, 2.05) is 6.20 Å². The number of nitrogens with zero attached hydrogens (tertiary/aromatic N) is 1.